The quantitative estimate of drug-likeness (QED) is 0.174. The number of rotatable bonds is 8. The molecule has 0 heterocycles. The van der Waals surface area contributed by atoms with Crippen LogP contribution in [-0.2, 0) is 18.0 Å². The first kappa shape index (κ1) is 24.7. The summed E-state index contributed by atoms with van der Waals surface area (Å²) in [5.41, 5.74) is 3.06. The van der Waals surface area contributed by atoms with Crippen molar-refractivity contribution in [2.24, 2.45) is 0 Å². The third kappa shape index (κ3) is 5.27. The summed E-state index contributed by atoms with van der Waals surface area (Å²) in [6.07, 6.45) is 0. The number of carbonyl (C=O) groups excluding carboxylic acids is 3. The van der Waals surface area contributed by atoms with Crippen LogP contribution in [0.4, 0.5) is 5.69 Å². The minimum Gasteiger partial charge on any atom is -0.488 e. The van der Waals surface area contributed by atoms with Crippen molar-refractivity contribution in [2.45, 2.75) is 13.2 Å². The van der Waals surface area contributed by atoms with Crippen LogP contribution in [0.1, 0.15) is 43.0 Å². The van der Waals surface area contributed by atoms with Gasteiger partial charge in [-0.1, -0.05) is 95.4 Å². The second-order valence-electron chi connectivity index (χ2n) is 8.46. The molecule has 184 valence electrons. The van der Waals surface area contributed by atoms with Crippen LogP contribution < -0.4 is 14.8 Å². The van der Waals surface area contributed by atoms with Gasteiger partial charge in [-0.25, -0.2) is 0 Å². The Morgan fingerprint density at radius 2 is 1.27 bits per heavy atom. The number of carbonyl (C=O) groups is 3. The van der Waals surface area contributed by atoms with Crippen LogP contribution in [-0.4, -0.2) is 21.9 Å². The largest absolute Gasteiger partial charge is 0.488 e. The van der Waals surface area contributed by atoms with Crippen molar-refractivity contribution in [1.29, 1.82) is 0 Å². The molecule has 0 aliphatic heterocycles. The van der Waals surface area contributed by atoms with Crippen molar-refractivity contribution in [3.63, 3.8) is 0 Å². The Kier molecular flexibility index (Phi) is 7.32. The Morgan fingerprint density at radius 1 is 0.676 bits per heavy atom. The fourth-order valence-corrected chi connectivity index (χ4v) is 4.42. The van der Waals surface area contributed by atoms with Crippen molar-refractivity contribution >= 4 is 45.8 Å². The maximum atomic E-state index is 13.9. The van der Waals surface area contributed by atoms with Gasteiger partial charge in [-0.3, -0.25) is 14.4 Å². The number of hydrogen-bond donors (Lipinski definition) is 1. The number of hydrogen-bond acceptors (Lipinski definition) is 5. The predicted molar refractivity (Wildman–Crippen MR) is 149 cm³/mol. The SMILES string of the molecule is O=C(CI)Nc1cc(OCc2ccccc2)c2c(c1)C(=O)c1cccc(OCc3ccccc3)c1C2=O. The van der Waals surface area contributed by atoms with Crippen molar-refractivity contribution < 1.29 is 23.9 Å². The molecule has 0 bridgehead atoms. The highest BCUT2D eigenvalue weighted by Crippen LogP contribution is 2.39. The first-order valence-corrected chi connectivity index (χ1v) is 13.2. The molecule has 0 saturated heterocycles. The van der Waals surface area contributed by atoms with Gasteiger partial charge >= 0.3 is 0 Å². The van der Waals surface area contributed by atoms with Gasteiger partial charge in [-0.15, -0.1) is 0 Å². The summed E-state index contributed by atoms with van der Waals surface area (Å²) in [7, 11) is 0. The van der Waals surface area contributed by atoms with Crippen molar-refractivity contribution in [1.82, 2.24) is 0 Å². The molecule has 7 heteroatoms. The molecule has 0 spiro atoms. The number of anilines is 1. The number of nitrogens with one attached hydrogen (secondary N) is 1. The molecular formula is C30H22INO5. The highest BCUT2D eigenvalue weighted by molar-refractivity contribution is 14.1. The Balaban J connectivity index is 1.55. The van der Waals surface area contributed by atoms with E-state index in [1.165, 1.54) is 6.07 Å². The molecule has 37 heavy (non-hydrogen) atoms. The van der Waals surface area contributed by atoms with Gasteiger partial charge in [0.1, 0.15) is 24.7 Å². The zero-order chi connectivity index (χ0) is 25.8. The van der Waals surface area contributed by atoms with Crippen LogP contribution in [0.25, 0.3) is 0 Å². The number of ketones is 2. The predicted octanol–water partition coefficient (Wildman–Crippen LogP) is 5.99. The minimum absolute atomic E-state index is 0.164. The normalized spacial score (nSPS) is 11.9. The van der Waals surface area contributed by atoms with Gasteiger partial charge in [0.2, 0.25) is 11.7 Å². The van der Waals surface area contributed by atoms with Gasteiger partial charge < -0.3 is 14.8 Å². The van der Waals surface area contributed by atoms with Crippen LogP contribution in [0.3, 0.4) is 0 Å². The van der Waals surface area contributed by atoms with Gasteiger partial charge in [0.15, 0.2) is 5.78 Å². The zero-order valence-corrected chi connectivity index (χ0v) is 21.9. The van der Waals surface area contributed by atoms with Gasteiger partial charge in [-0.2, -0.15) is 0 Å². The molecule has 1 N–H and O–H groups in total. The average Bonchev–Trinajstić information content (AvgIpc) is 2.94. The summed E-state index contributed by atoms with van der Waals surface area (Å²) < 4.78 is 12.3. The average molecular weight is 603 g/mol. The second kappa shape index (κ2) is 11.0. The Labute approximate surface area is 227 Å². The lowest BCUT2D eigenvalue weighted by atomic mass is 9.82. The standard InChI is InChI=1S/C30H22INO5/c31-16-26(33)32-21-14-23-28(25(15-21)37-18-20-10-5-2-6-11-20)30(35)27-22(29(23)34)12-7-13-24(27)36-17-19-8-3-1-4-9-19/h1-15H,16-18H2,(H,32,33). The molecule has 0 radical (unpaired) electrons. The van der Waals surface area contributed by atoms with E-state index in [0.717, 1.165) is 11.1 Å². The number of alkyl halides is 1. The molecule has 1 amide bonds. The van der Waals surface area contributed by atoms with E-state index in [1.807, 2.05) is 83.3 Å². The van der Waals surface area contributed by atoms with Crippen molar-refractivity contribution in [3.8, 4) is 11.5 Å². The van der Waals surface area contributed by atoms with Crippen LogP contribution in [0.15, 0.2) is 91.0 Å². The maximum Gasteiger partial charge on any atom is 0.234 e. The monoisotopic (exact) mass is 603 g/mol. The van der Waals surface area contributed by atoms with Crippen LogP contribution >= 0.6 is 22.6 Å². The Hall–Kier alpha value is -3.98. The number of fused-ring (bicyclic) bond motifs is 2. The molecule has 1 aliphatic rings. The van der Waals surface area contributed by atoms with E-state index in [4.69, 9.17) is 9.47 Å². The first-order chi connectivity index (χ1) is 18.0. The van der Waals surface area contributed by atoms with Crippen LogP contribution in [0.5, 0.6) is 11.5 Å². The summed E-state index contributed by atoms with van der Waals surface area (Å²) >= 11 is 1.96. The van der Waals surface area contributed by atoms with E-state index in [0.29, 0.717) is 11.4 Å². The summed E-state index contributed by atoms with van der Waals surface area (Å²) in [6.45, 7) is 0.446. The van der Waals surface area contributed by atoms with Crippen LogP contribution in [0.2, 0.25) is 0 Å². The van der Waals surface area contributed by atoms with E-state index in [9.17, 15) is 14.4 Å². The Bertz CT molecular complexity index is 1490. The molecule has 5 rings (SSSR count). The molecule has 1 aliphatic carbocycles. The van der Waals surface area contributed by atoms with Gasteiger partial charge in [0.25, 0.3) is 0 Å². The third-order valence-corrected chi connectivity index (χ3v) is 6.64. The molecule has 0 unspecified atom stereocenters. The lowest BCUT2D eigenvalue weighted by molar-refractivity contribution is -0.113. The topological polar surface area (TPSA) is 81.7 Å². The highest BCUT2D eigenvalue weighted by atomic mass is 127. The smallest absolute Gasteiger partial charge is 0.234 e. The Morgan fingerprint density at radius 3 is 1.89 bits per heavy atom. The van der Waals surface area contributed by atoms with E-state index in [2.05, 4.69) is 5.32 Å². The third-order valence-electron chi connectivity index (χ3n) is 5.95. The van der Waals surface area contributed by atoms with Gasteiger partial charge in [0, 0.05) is 22.9 Å². The zero-order valence-electron chi connectivity index (χ0n) is 19.7. The van der Waals surface area contributed by atoms with E-state index in [1.54, 1.807) is 24.3 Å². The lowest BCUT2D eigenvalue weighted by Gasteiger charge is -2.23. The second-order valence-corrected chi connectivity index (χ2v) is 9.23. The number of halogens is 1. The fourth-order valence-electron chi connectivity index (χ4n) is 4.22. The van der Waals surface area contributed by atoms with Gasteiger partial charge in [0.05, 0.1) is 15.6 Å². The van der Waals surface area contributed by atoms with Crippen molar-refractivity contribution in [2.75, 3.05) is 9.74 Å². The maximum absolute atomic E-state index is 13.9. The number of ether oxygens (including phenoxy) is 2. The minimum atomic E-state index is -0.358. The summed E-state index contributed by atoms with van der Waals surface area (Å²) in [5, 5.41) is 2.77. The van der Waals surface area contributed by atoms with Crippen molar-refractivity contribution in [3.05, 3.63) is 124 Å². The molecule has 4 aromatic rings. The highest BCUT2D eigenvalue weighted by Gasteiger charge is 2.35. The molecule has 0 fully saturated rings. The summed E-state index contributed by atoms with van der Waals surface area (Å²) in [6, 6.07) is 27.3. The number of benzene rings is 4. The summed E-state index contributed by atoms with van der Waals surface area (Å²) in [4.78, 5) is 39.6. The molecule has 4 aromatic carbocycles. The first-order valence-electron chi connectivity index (χ1n) is 11.6. The van der Waals surface area contributed by atoms with Crippen LogP contribution in [0, 0.1) is 0 Å². The van der Waals surface area contributed by atoms with E-state index < -0.39 is 0 Å². The fraction of sp³-hybridized carbons (Fsp3) is 0.100. The molecule has 0 saturated carbocycles. The molecule has 6 nitrogen and oxygen atoms in total. The van der Waals surface area contributed by atoms with Gasteiger partial charge in [-0.05, 0) is 23.3 Å². The summed E-state index contributed by atoms with van der Waals surface area (Å²) in [5.74, 6) is -0.345. The molecule has 0 aromatic heterocycles. The molecule has 0 atom stereocenters. The van der Waals surface area contributed by atoms with E-state index in [-0.39, 0.29) is 63.1 Å². The lowest BCUT2D eigenvalue weighted by Crippen LogP contribution is -2.24. The molecular weight excluding hydrogens is 581 g/mol. The van der Waals surface area contributed by atoms with E-state index >= 15 is 0 Å². The number of amides is 1.